The fraction of sp³-hybridized carbons (Fsp3) is 0.455. The zero-order valence-corrected chi connectivity index (χ0v) is 8.30. The number of rotatable bonds is 1. The van der Waals surface area contributed by atoms with Gasteiger partial charge < -0.3 is 0 Å². The van der Waals surface area contributed by atoms with E-state index in [1.165, 1.54) is 0 Å². The Balaban J connectivity index is 2.59. The first-order valence-corrected chi connectivity index (χ1v) is 5.05. The molecule has 88 valence electrons. The van der Waals surface area contributed by atoms with Gasteiger partial charge in [0.2, 0.25) is 5.82 Å². The van der Waals surface area contributed by atoms with Gasteiger partial charge in [-0.05, 0) is 18.8 Å². The van der Waals surface area contributed by atoms with E-state index in [1.54, 1.807) is 0 Å². The highest BCUT2D eigenvalue weighted by atomic mass is 19.2. The normalized spacial score (nSPS) is 17.1. The second-order valence-electron chi connectivity index (χ2n) is 3.96. The van der Waals surface area contributed by atoms with Crippen molar-refractivity contribution in [3.05, 3.63) is 34.6 Å². The molecule has 1 aliphatic carbocycles. The van der Waals surface area contributed by atoms with Crippen LogP contribution in [0.2, 0.25) is 0 Å². The van der Waals surface area contributed by atoms with Gasteiger partial charge in [-0.2, -0.15) is 0 Å². The first-order valence-electron chi connectivity index (χ1n) is 5.05. The molecule has 0 spiro atoms. The molecule has 0 aliphatic heterocycles. The second-order valence-corrected chi connectivity index (χ2v) is 3.96. The quantitative estimate of drug-likeness (QED) is 0.392. The summed E-state index contributed by atoms with van der Waals surface area (Å²) in [7, 11) is 0. The topological polar surface area (TPSA) is 0 Å². The van der Waals surface area contributed by atoms with Crippen molar-refractivity contribution >= 4 is 0 Å². The molecule has 1 aromatic carbocycles. The van der Waals surface area contributed by atoms with E-state index in [2.05, 4.69) is 0 Å². The number of halogens is 5. The summed E-state index contributed by atoms with van der Waals surface area (Å²) in [6.07, 6.45) is 2.45. The van der Waals surface area contributed by atoms with Crippen LogP contribution in [0, 0.1) is 29.1 Å². The zero-order valence-electron chi connectivity index (χ0n) is 8.30. The third-order valence-corrected chi connectivity index (χ3v) is 3.01. The lowest BCUT2D eigenvalue weighted by molar-refractivity contribution is 0.363. The summed E-state index contributed by atoms with van der Waals surface area (Å²) in [5, 5.41) is 0. The van der Waals surface area contributed by atoms with E-state index in [-0.39, 0.29) is 0 Å². The lowest BCUT2D eigenvalue weighted by atomic mass is 9.96. The SMILES string of the molecule is Fc1c(F)c(F)c(C2CCCC2)c(F)c1F. The Hall–Kier alpha value is -1.13. The fourth-order valence-corrected chi connectivity index (χ4v) is 2.19. The molecule has 16 heavy (non-hydrogen) atoms. The molecule has 1 aromatic rings. The molecule has 0 radical (unpaired) electrons. The summed E-state index contributed by atoms with van der Waals surface area (Å²) in [5.74, 6) is -9.69. The van der Waals surface area contributed by atoms with E-state index in [1.807, 2.05) is 0 Å². The van der Waals surface area contributed by atoms with Crippen molar-refractivity contribution in [2.45, 2.75) is 31.6 Å². The largest absolute Gasteiger partial charge is 0.203 e. The Morgan fingerprint density at radius 1 is 0.625 bits per heavy atom. The predicted octanol–water partition coefficient (Wildman–Crippen LogP) is 4.04. The molecule has 5 heteroatoms. The molecule has 0 heterocycles. The highest BCUT2D eigenvalue weighted by Crippen LogP contribution is 2.38. The zero-order chi connectivity index (χ0) is 11.9. The first kappa shape index (κ1) is 11.4. The van der Waals surface area contributed by atoms with Crippen LogP contribution in [-0.2, 0) is 0 Å². The maximum absolute atomic E-state index is 13.3. The molecule has 1 saturated carbocycles. The maximum Gasteiger partial charge on any atom is 0.200 e. The number of hydrogen-bond donors (Lipinski definition) is 0. The smallest absolute Gasteiger partial charge is 0.200 e. The lowest BCUT2D eigenvalue weighted by Crippen LogP contribution is -2.09. The van der Waals surface area contributed by atoms with Crippen LogP contribution in [-0.4, -0.2) is 0 Å². The Morgan fingerprint density at radius 3 is 1.44 bits per heavy atom. The Morgan fingerprint density at radius 2 is 1.00 bits per heavy atom. The summed E-state index contributed by atoms with van der Waals surface area (Å²) in [6, 6.07) is 0. The molecule has 1 fully saturated rings. The number of benzene rings is 1. The predicted molar refractivity (Wildman–Crippen MR) is 47.4 cm³/mol. The van der Waals surface area contributed by atoms with E-state index in [4.69, 9.17) is 0 Å². The molecule has 0 unspecified atom stereocenters. The third kappa shape index (κ3) is 1.58. The van der Waals surface area contributed by atoms with Crippen LogP contribution in [0.5, 0.6) is 0 Å². The van der Waals surface area contributed by atoms with Crippen molar-refractivity contribution in [3.63, 3.8) is 0 Å². The highest BCUT2D eigenvalue weighted by Gasteiger charge is 2.31. The van der Waals surface area contributed by atoms with Crippen molar-refractivity contribution in [1.29, 1.82) is 0 Å². The van der Waals surface area contributed by atoms with Crippen LogP contribution < -0.4 is 0 Å². The monoisotopic (exact) mass is 236 g/mol. The van der Waals surface area contributed by atoms with E-state index in [9.17, 15) is 22.0 Å². The summed E-state index contributed by atoms with van der Waals surface area (Å²) >= 11 is 0. The molecule has 2 rings (SSSR count). The molecular formula is C11H9F5. The van der Waals surface area contributed by atoms with Gasteiger partial charge in [-0.3, -0.25) is 0 Å². The maximum atomic E-state index is 13.3. The van der Waals surface area contributed by atoms with E-state index >= 15 is 0 Å². The molecule has 0 atom stereocenters. The number of hydrogen-bond acceptors (Lipinski definition) is 0. The van der Waals surface area contributed by atoms with Gasteiger partial charge in [-0.15, -0.1) is 0 Å². The fourth-order valence-electron chi connectivity index (χ4n) is 2.19. The first-order chi connectivity index (χ1) is 7.54. The van der Waals surface area contributed by atoms with Crippen LogP contribution >= 0.6 is 0 Å². The van der Waals surface area contributed by atoms with Gasteiger partial charge in [-0.1, -0.05) is 12.8 Å². The standard InChI is InChI=1S/C11H9F5/c12-7-6(5-3-1-2-4-5)8(13)10(15)11(16)9(7)14/h5H,1-4H2. The molecule has 0 aromatic heterocycles. The second kappa shape index (κ2) is 4.03. The Bertz CT molecular complexity index is 392. The minimum absolute atomic E-state index is 0.471. The van der Waals surface area contributed by atoms with Crippen molar-refractivity contribution in [1.82, 2.24) is 0 Å². The van der Waals surface area contributed by atoms with Gasteiger partial charge in [0.25, 0.3) is 0 Å². The summed E-state index contributed by atoms with van der Waals surface area (Å²) < 4.78 is 65.2. The van der Waals surface area contributed by atoms with E-state index < -0.39 is 40.6 Å². The van der Waals surface area contributed by atoms with Crippen LogP contribution in [0.1, 0.15) is 37.2 Å². The average molecular weight is 236 g/mol. The molecule has 0 saturated heterocycles. The van der Waals surface area contributed by atoms with Gasteiger partial charge in [0, 0.05) is 5.56 Å². The van der Waals surface area contributed by atoms with Gasteiger partial charge in [-0.25, -0.2) is 22.0 Å². The Kier molecular flexibility index (Phi) is 2.86. The molecule has 0 nitrogen and oxygen atoms in total. The molecule has 0 bridgehead atoms. The van der Waals surface area contributed by atoms with Gasteiger partial charge in [0.05, 0.1) is 0 Å². The van der Waals surface area contributed by atoms with Crippen molar-refractivity contribution in [3.8, 4) is 0 Å². The van der Waals surface area contributed by atoms with Gasteiger partial charge >= 0.3 is 0 Å². The molecular weight excluding hydrogens is 227 g/mol. The van der Waals surface area contributed by atoms with E-state index in [0.717, 1.165) is 12.8 Å². The van der Waals surface area contributed by atoms with Crippen LogP contribution in [0.3, 0.4) is 0 Å². The highest BCUT2D eigenvalue weighted by molar-refractivity contribution is 5.28. The van der Waals surface area contributed by atoms with Crippen molar-refractivity contribution in [2.75, 3.05) is 0 Å². The summed E-state index contributed by atoms with van der Waals surface area (Å²) in [6.45, 7) is 0. The molecule has 1 aliphatic rings. The minimum atomic E-state index is -2.09. The molecule has 0 N–H and O–H groups in total. The van der Waals surface area contributed by atoms with Gasteiger partial charge in [0.15, 0.2) is 23.3 Å². The third-order valence-electron chi connectivity index (χ3n) is 3.01. The van der Waals surface area contributed by atoms with E-state index in [0.29, 0.717) is 12.8 Å². The average Bonchev–Trinajstić information content (AvgIpc) is 2.77. The van der Waals surface area contributed by atoms with Gasteiger partial charge in [0.1, 0.15) is 0 Å². The summed E-state index contributed by atoms with van der Waals surface area (Å²) in [4.78, 5) is 0. The van der Waals surface area contributed by atoms with Crippen LogP contribution in [0.15, 0.2) is 0 Å². The molecule has 0 amide bonds. The lowest BCUT2D eigenvalue weighted by Gasteiger charge is -2.13. The summed E-state index contributed by atoms with van der Waals surface area (Å²) in [5.41, 5.74) is -0.645. The Labute approximate surface area is 89.1 Å². The van der Waals surface area contributed by atoms with Crippen LogP contribution in [0.4, 0.5) is 22.0 Å². The van der Waals surface area contributed by atoms with Crippen molar-refractivity contribution in [2.24, 2.45) is 0 Å². The minimum Gasteiger partial charge on any atom is -0.203 e. The van der Waals surface area contributed by atoms with Crippen molar-refractivity contribution < 1.29 is 22.0 Å². The van der Waals surface area contributed by atoms with Crippen LogP contribution in [0.25, 0.3) is 0 Å².